The van der Waals surface area contributed by atoms with E-state index in [4.69, 9.17) is 19.2 Å². The second kappa shape index (κ2) is 20.8. The molecule has 4 nitrogen and oxygen atoms in total. The standard InChI is InChI=1S/C16H33.K.H3O4P/c1-4-6-8-10-11-13-15-16(3)14-12-9-7-5-2;;1-5(2,3)4/h16H,3-15H2,1-2H3;;(H3,1,2,3,4)/q-1;+1;. The molecule has 0 spiro atoms. The predicted octanol–water partition coefficient (Wildman–Crippen LogP) is 2.23. The Bertz CT molecular complexity index is 238. The summed E-state index contributed by atoms with van der Waals surface area (Å²) in [5, 5.41) is 0. The summed E-state index contributed by atoms with van der Waals surface area (Å²) in [6.45, 7) is 8.83. The molecular weight excluding hydrogens is 326 g/mol. The van der Waals surface area contributed by atoms with Gasteiger partial charge in [0.05, 0.1) is 0 Å². The Hall–Kier alpha value is 1.75. The van der Waals surface area contributed by atoms with E-state index in [9.17, 15) is 0 Å². The van der Waals surface area contributed by atoms with Gasteiger partial charge in [0.25, 0.3) is 0 Å². The van der Waals surface area contributed by atoms with Crippen LogP contribution in [0, 0.1) is 12.8 Å². The minimum atomic E-state index is -4.64. The zero-order valence-electron chi connectivity index (χ0n) is 15.0. The van der Waals surface area contributed by atoms with Gasteiger partial charge < -0.3 is 21.6 Å². The molecular formula is C16H36KO4P. The fourth-order valence-electron chi connectivity index (χ4n) is 2.22. The average Bonchev–Trinajstić information content (AvgIpc) is 2.37. The molecule has 0 aliphatic rings. The topological polar surface area (TPSA) is 77.8 Å². The van der Waals surface area contributed by atoms with E-state index in [0.29, 0.717) is 0 Å². The van der Waals surface area contributed by atoms with Crippen molar-refractivity contribution in [2.75, 3.05) is 0 Å². The third-order valence-electron chi connectivity index (χ3n) is 3.43. The summed E-state index contributed by atoms with van der Waals surface area (Å²) in [5.74, 6) is 0.725. The van der Waals surface area contributed by atoms with Crippen LogP contribution in [-0.4, -0.2) is 14.7 Å². The molecule has 0 aromatic carbocycles. The maximum Gasteiger partial charge on any atom is 1.00 e. The molecule has 1 unspecified atom stereocenters. The van der Waals surface area contributed by atoms with Gasteiger partial charge in [-0.1, -0.05) is 90.9 Å². The molecule has 0 heterocycles. The van der Waals surface area contributed by atoms with Gasteiger partial charge in [0.1, 0.15) is 0 Å². The molecule has 0 aromatic heterocycles. The monoisotopic (exact) mass is 362 g/mol. The van der Waals surface area contributed by atoms with Gasteiger partial charge in [-0.15, -0.1) is 0 Å². The molecule has 0 rings (SSSR count). The van der Waals surface area contributed by atoms with E-state index in [0.717, 1.165) is 5.92 Å². The van der Waals surface area contributed by atoms with E-state index in [-0.39, 0.29) is 51.4 Å². The van der Waals surface area contributed by atoms with Crippen molar-refractivity contribution in [2.24, 2.45) is 5.92 Å². The molecule has 0 aliphatic carbocycles. The van der Waals surface area contributed by atoms with Crippen LogP contribution in [-0.2, 0) is 4.57 Å². The van der Waals surface area contributed by atoms with Crippen molar-refractivity contribution in [1.29, 1.82) is 0 Å². The van der Waals surface area contributed by atoms with Crippen LogP contribution in [0.15, 0.2) is 0 Å². The van der Waals surface area contributed by atoms with Crippen LogP contribution in [0.3, 0.4) is 0 Å². The summed E-state index contributed by atoms with van der Waals surface area (Å²) >= 11 is 0. The summed E-state index contributed by atoms with van der Waals surface area (Å²) in [4.78, 5) is 21.6. The fourth-order valence-corrected chi connectivity index (χ4v) is 2.22. The largest absolute Gasteiger partial charge is 1.00 e. The first-order valence-corrected chi connectivity index (χ1v) is 9.99. The van der Waals surface area contributed by atoms with Crippen LogP contribution in [0.4, 0.5) is 0 Å². The summed E-state index contributed by atoms with van der Waals surface area (Å²) in [5.41, 5.74) is 0. The number of phosphoric acid groups is 1. The van der Waals surface area contributed by atoms with Gasteiger partial charge in [-0.3, -0.25) is 0 Å². The van der Waals surface area contributed by atoms with Crippen LogP contribution >= 0.6 is 7.82 Å². The third-order valence-corrected chi connectivity index (χ3v) is 3.43. The molecule has 6 heteroatoms. The molecule has 0 aromatic rings. The van der Waals surface area contributed by atoms with E-state index < -0.39 is 7.82 Å². The van der Waals surface area contributed by atoms with Gasteiger partial charge in [-0.25, -0.2) is 4.57 Å². The zero-order valence-corrected chi connectivity index (χ0v) is 19.0. The minimum Gasteiger partial charge on any atom is -0.340 e. The van der Waals surface area contributed by atoms with E-state index >= 15 is 0 Å². The molecule has 0 aliphatic heterocycles. The number of hydrogen-bond acceptors (Lipinski definition) is 1. The van der Waals surface area contributed by atoms with E-state index in [1.165, 1.54) is 77.0 Å². The molecule has 0 bridgehead atoms. The van der Waals surface area contributed by atoms with Crippen molar-refractivity contribution in [3.8, 4) is 0 Å². The molecule has 22 heavy (non-hydrogen) atoms. The molecule has 0 fully saturated rings. The molecule has 0 saturated heterocycles. The molecule has 130 valence electrons. The zero-order chi connectivity index (χ0) is 16.6. The van der Waals surface area contributed by atoms with Gasteiger partial charge >= 0.3 is 59.2 Å². The summed E-state index contributed by atoms with van der Waals surface area (Å²) < 4.78 is 8.88. The molecule has 3 N–H and O–H groups in total. The Morgan fingerprint density at radius 1 is 0.773 bits per heavy atom. The first kappa shape index (κ1) is 28.5. The minimum absolute atomic E-state index is 0. The Balaban J connectivity index is -0.000000520. The van der Waals surface area contributed by atoms with Crippen LogP contribution in [0.1, 0.15) is 90.9 Å². The molecule has 0 amide bonds. The van der Waals surface area contributed by atoms with E-state index in [2.05, 4.69) is 20.8 Å². The van der Waals surface area contributed by atoms with Gasteiger partial charge in [0.2, 0.25) is 0 Å². The van der Waals surface area contributed by atoms with Gasteiger partial charge in [0, 0.05) is 0 Å². The smallest absolute Gasteiger partial charge is 0.340 e. The number of rotatable bonds is 12. The number of unbranched alkanes of at least 4 members (excludes halogenated alkanes) is 8. The second-order valence-corrected chi connectivity index (χ2v) is 6.81. The summed E-state index contributed by atoms with van der Waals surface area (Å²) in [6.07, 6.45) is 16.8. The van der Waals surface area contributed by atoms with Crippen molar-refractivity contribution in [2.45, 2.75) is 90.9 Å². The van der Waals surface area contributed by atoms with Crippen LogP contribution in [0.5, 0.6) is 0 Å². The Morgan fingerprint density at radius 3 is 1.41 bits per heavy atom. The van der Waals surface area contributed by atoms with E-state index in [1.54, 1.807) is 0 Å². The number of hydrogen-bond donors (Lipinski definition) is 3. The van der Waals surface area contributed by atoms with Crippen LogP contribution in [0.25, 0.3) is 0 Å². The van der Waals surface area contributed by atoms with Gasteiger partial charge in [-0.05, 0) is 0 Å². The molecule has 0 saturated carbocycles. The SMILES string of the molecule is O=P(O)(O)O.[CH2-]C(CCCCCC)CCCCCCCC.[K+]. The maximum atomic E-state index is 8.88. The Morgan fingerprint density at radius 2 is 1.05 bits per heavy atom. The Labute approximate surface area is 180 Å². The second-order valence-electron chi connectivity index (χ2n) is 5.79. The van der Waals surface area contributed by atoms with Crippen molar-refractivity contribution in [3.63, 3.8) is 0 Å². The van der Waals surface area contributed by atoms with Crippen LogP contribution < -0.4 is 51.4 Å². The first-order chi connectivity index (χ1) is 9.81. The van der Waals surface area contributed by atoms with Gasteiger partial charge in [0.15, 0.2) is 0 Å². The first-order valence-electron chi connectivity index (χ1n) is 8.42. The van der Waals surface area contributed by atoms with Crippen molar-refractivity contribution in [1.82, 2.24) is 0 Å². The van der Waals surface area contributed by atoms with Gasteiger partial charge in [-0.2, -0.15) is 5.92 Å². The van der Waals surface area contributed by atoms with Crippen LogP contribution in [0.2, 0.25) is 0 Å². The van der Waals surface area contributed by atoms with Crippen molar-refractivity contribution >= 4 is 7.82 Å². The normalized spacial score (nSPS) is 12.1. The van der Waals surface area contributed by atoms with Crippen molar-refractivity contribution in [3.05, 3.63) is 6.92 Å². The summed E-state index contributed by atoms with van der Waals surface area (Å²) in [6, 6.07) is 0. The fraction of sp³-hybridized carbons (Fsp3) is 0.938. The Kier molecular flexibility index (Phi) is 27.0. The maximum absolute atomic E-state index is 8.88. The van der Waals surface area contributed by atoms with E-state index in [1.807, 2.05) is 0 Å². The summed E-state index contributed by atoms with van der Waals surface area (Å²) in [7, 11) is -4.64. The third kappa shape index (κ3) is 37.7. The average molecular weight is 363 g/mol. The molecule has 1 atom stereocenters. The molecule has 0 radical (unpaired) electrons. The van der Waals surface area contributed by atoms with Crippen molar-refractivity contribution < 1.29 is 70.6 Å². The quantitative estimate of drug-likeness (QED) is 0.215. The predicted molar refractivity (Wildman–Crippen MR) is 89.9 cm³/mol.